The van der Waals surface area contributed by atoms with Crippen LogP contribution in [0.4, 0.5) is 18.0 Å². The molecule has 2 N–H and O–H groups in total. The topological polar surface area (TPSA) is 69.6 Å². The zero-order valence-corrected chi connectivity index (χ0v) is 12.3. The second-order valence-electron chi connectivity index (χ2n) is 5.06. The minimum absolute atomic E-state index is 0.296. The summed E-state index contributed by atoms with van der Waals surface area (Å²) in [4.78, 5) is 24.8. The lowest BCUT2D eigenvalue weighted by molar-refractivity contribution is -0.187. The molecule has 0 saturated carbocycles. The molecule has 1 aromatic rings. The lowest BCUT2D eigenvalue weighted by Crippen LogP contribution is -2.40. The van der Waals surface area contributed by atoms with Gasteiger partial charge in [-0.15, -0.1) is 11.3 Å². The van der Waals surface area contributed by atoms with Gasteiger partial charge >= 0.3 is 18.2 Å². The Balaban J connectivity index is 1.89. The summed E-state index contributed by atoms with van der Waals surface area (Å²) in [6, 6.07) is 3.11. The van der Waals surface area contributed by atoms with E-state index in [0.29, 0.717) is 13.0 Å². The minimum atomic E-state index is -4.63. The number of nitrogens with zero attached hydrogens (tertiary/aromatic N) is 1. The third kappa shape index (κ3) is 3.90. The highest BCUT2D eigenvalue weighted by Crippen LogP contribution is 2.37. The van der Waals surface area contributed by atoms with Gasteiger partial charge in [0.05, 0.1) is 11.8 Å². The molecule has 0 radical (unpaired) electrons. The Bertz CT molecular complexity index is 533. The molecule has 5 nitrogen and oxygen atoms in total. The number of hydrogen-bond donors (Lipinski definition) is 2. The van der Waals surface area contributed by atoms with Crippen LogP contribution in [0.3, 0.4) is 0 Å². The highest BCUT2D eigenvalue weighted by molar-refractivity contribution is 7.09. The van der Waals surface area contributed by atoms with E-state index in [1.807, 2.05) is 17.5 Å². The summed E-state index contributed by atoms with van der Waals surface area (Å²) in [7, 11) is 0. The first-order valence-corrected chi connectivity index (χ1v) is 7.51. The number of rotatable bonds is 4. The minimum Gasteiger partial charge on any atom is -0.481 e. The average molecular weight is 336 g/mol. The normalized spacial score (nSPS) is 21.9. The molecule has 2 rings (SSSR count). The number of urea groups is 1. The van der Waals surface area contributed by atoms with Gasteiger partial charge in [0.15, 0.2) is 0 Å². The predicted octanol–water partition coefficient (Wildman–Crippen LogP) is 2.20. The lowest BCUT2D eigenvalue weighted by atomic mass is 9.96. The van der Waals surface area contributed by atoms with E-state index in [0.717, 1.165) is 9.78 Å². The van der Waals surface area contributed by atoms with Crippen molar-refractivity contribution in [1.82, 2.24) is 10.2 Å². The van der Waals surface area contributed by atoms with Gasteiger partial charge in [-0.1, -0.05) is 6.07 Å². The van der Waals surface area contributed by atoms with Crippen molar-refractivity contribution in [3.05, 3.63) is 22.4 Å². The highest BCUT2D eigenvalue weighted by atomic mass is 32.1. The van der Waals surface area contributed by atoms with Crippen LogP contribution in [-0.2, 0) is 11.2 Å². The Hall–Kier alpha value is -1.77. The number of carbonyl (C=O) groups excluding carboxylic acids is 1. The fraction of sp³-hybridized carbons (Fsp3) is 0.538. The molecule has 122 valence electrons. The van der Waals surface area contributed by atoms with Crippen LogP contribution in [-0.4, -0.2) is 47.8 Å². The van der Waals surface area contributed by atoms with E-state index in [2.05, 4.69) is 5.32 Å². The summed E-state index contributed by atoms with van der Waals surface area (Å²) in [6.07, 6.45) is -4.04. The molecule has 22 heavy (non-hydrogen) atoms. The van der Waals surface area contributed by atoms with Gasteiger partial charge in [-0.3, -0.25) is 4.79 Å². The standard InChI is InChI=1S/C13H15F3N2O3S/c14-13(15,16)10-7-18(6-9(10)11(19)20)12(21)17-4-3-8-2-1-5-22-8/h1-2,5,9-10H,3-4,6-7H2,(H,17,21)(H,19,20)/t9-,10-/m1/s1. The molecule has 1 aliphatic heterocycles. The molecule has 0 spiro atoms. The van der Waals surface area contributed by atoms with Crippen LogP contribution in [0.5, 0.6) is 0 Å². The van der Waals surface area contributed by atoms with Crippen molar-refractivity contribution in [3.63, 3.8) is 0 Å². The summed E-state index contributed by atoms with van der Waals surface area (Å²) in [5.41, 5.74) is 0. The SMILES string of the molecule is O=C(O)[C@@H]1CN(C(=O)NCCc2cccs2)C[C@H]1C(F)(F)F. The van der Waals surface area contributed by atoms with Crippen molar-refractivity contribution >= 4 is 23.3 Å². The maximum absolute atomic E-state index is 12.8. The van der Waals surface area contributed by atoms with Gasteiger partial charge in [0.2, 0.25) is 0 Å². The van der Waals surface area contributed by atoms with Gasteiger partial charge in [0, 0.05) is 24.5 Å². The first kappa shape index (κ1) is 16.6. The summed E-state index contributed by atoms with van der Waals surface area (Å²) in [5.74, 6) is -5.16. The third-order valence-corrected chi connectivity index (χ3v) is 4.51. The molecule has 0 unspecified atom stereocenters. The van der Waals surface area contributed by atoms with Crippen LogP contribution >= 0.6 is 11.3 Å². The number of carboxylic acids is 1. The monoisotopic (exact) mass is 336 g/mol. The van der Waals surface area contributed by atoms with E-state index in [-0.39, 0.29) is 0 Å². The van der Waals surface area contributed by atoms with Crippen molar-refractivity contribution in [2.24, 2.45) is 11.8 Å². The van der Waals surface area contributed by atoms with Crippen LogP contribution in [0.15, 0.2) is 17.5 Å². The largest absolute Gasteiger partial charge is 0.481 e. The second-order valence-corrected chi connectivity index (χ2v) is 6.09. The fourth-order valence-corrected chi connectivity index (χ4v) is 3.12. The number of thiophene rings is 1. The Kier molecular flexibility index (Phi) is 4.94. The highest BCUT2D eigenvalue weighted by Gasteiger charge is 2.53. The van der Waals surface area contributed by atoms with Crippen LogP contribution in [0.25, 0.3) is 0 Å². The fourth-order valence-electron chi connectivity index (χ4n) is 2.41. The molecular formula is C13H15F3N2O3S. The van der Waals surface area contributed by atoms with E-state index >= 15 is 0 Å². The third-order valence-electron chi connectivity index (χ3n) is 3.57. The first-order valence-electron chi connectivity index (χ1n) is 6.63. The number of halogens is 3. The van der Waals surface area contributed by atoms with Crippen LogP contribution in [0.1, 0.15) is 4.88 Å². The van der Waals surface area contributed by atoms with Crippen molar-refractivity contribution in [1.29, 1.82) is 0 Å². The van der Waals surface area contributed by atoms with Crippen LogP contribution in [0, 0.1) is 11.8 Å². The summed E-state index contributed by atoms with van der Waals surface area (Å²) < 4.78 is 38.5. The number of hydrogen-bond acceptors (Lipinski definition) is 3. The van der Waals surface area contributed by atoms with Gasteiger partial charge in [-0.2, -0.15) is 13.2 Å². The maximum atomic E-state index is 12.8. The zero-order chi connectivity index (χ0) is 16.3. The van der Waals surface area contributed by atoms with Gasteiger partial charge in [-0.05, 0) is 17.9 Å². The molecule has 2 heterocycles. The second kappa shape index (κ2) is 6.55. The first-order chi connectivity index (χ1) is 10.3. The summed E-state index contributed by atoms with van der Waals surface area (Å²) >= 11 is 1.52. The Morgan fingerprint density at radius 1 is 1.41 bits per heavy atom. The Morgan fingerprint density at radius 3 is 2.64 bits per heavy atom. The van der Waals surface area contributed by atoms with E-state index in [9.17, 15) is 22.8 Å². The molecule has 2 atom stereocenters. The smallest absolute Gasteiger partial charge is 0.394 e. The lowest BCUT2D eigenvalue weighted by Gasteiger charge is -2.18. The van der Waals surface area contributed by atoms with Gasteiger partial charge in [0.1, 0.15) is 0 Å². The maximum Gasteiger partial charge on any atom is 0.394 e. The number of alkyl halides is 3. The molecular weight excluding hydrogens is 321 g/mol. The Labute approximate surface area is 128 Å². The van der Waals surface area contributed by atoms with Crippen molar-refractivity contribution in [2.45, 2.75) is 12.6 Å². The predicted molar refractivity (Wildman–Crippen MR) is 73.7 cm³/mol. The molecule has 0 aromatic carbocycles. The van der Waals surface area contributed by atoms with Gasteiger partial charge in [-0.25, -0.2) is 4.79 Å². The number of carbonyl (C=O) groups is 2. The van der Waals surface area contributed by atoms with Crippen molar-refractivity contribution in [3.8, 4) is 0 Å². The van der Waals surface area contributed by atoms with Crippen LogP contribution < -0.4 is 5.32 Å². The average Bonchev–Trinajstić information content (AvgIpc) is 3.06. The molecule has 1 fully saturated rings. The van der Waals surface area contributed by atoms with Crippen molar-refractivity contribution < 1.29 is 27.9 Å². The number of carboxylic acid groups (broad SMARTS) is 1. The molecule has 2 amide bonds. The van der Waals surface area contributed by atoms with Crippen molar-refractivity contribution in [2.75, 3.05) is 19.6 Å². The van der Waals surface area contributed by atoms with Crippen LogP contribution in [0.2, 0.25) is 0 Å². The number of nitrogens with one attached hydrogen (secondary N) is 1. The van der Waals surface area contributed by atoms with Gasteiger partial charge < -0.3 is 15.3 Å². The summed E-state index contributed by atoms with van der Waals surface area (Å²) in [5, 5.41) is 13.3. The molecule has 9 heteroatoms. The quantitative estimate of drug-likeness (QED) is 0.886. The molecule has 1 saturated heterocycles. The number of aliphatic carboxylic acids is 1. The van der Waals surface area contributed by atoms with Gasteiger partial charge in [0.25, 0.3) is 0 Å². The zero-order valence-electron chi connectivity index (χ0n) is 11.5. The molecule has 0 aliphatic carbocycles. The van der Waals surface area contributed by atoms with E-state index < -0.39 is 43.1 Å². The van der Waals surface area contributed by atoms with E-state index in [1.54, 1.807) is 0 Å². The van der Waals surface area contributed by atoms with E-state index in [4.69, 9.17) is 5.11 Å². The summed E-state index contributed by atoms with van der Waals surface area (Å²) in [6.45, 7) is -0.750. The number of amides is 2. The Morgan fingerprint density at radius 2 is 2.14 bits per heavy atom. The molecule has 0 bridgehead atoms. The van der Waals surface area contributed by atoms with E-state index in [1.165, 1.54) is 11.3 Å². The molecule has 1 aliphatic rings. The number of likely N-dealkylation sites (tertiary alicyclic amines) is 1. The molecule has 1 aromatic heterocycles.